The summed E-state index contributed by atoms with van der Waals surface area (Å²) < 4.78 is 68.8. The summed E-state index contributed by atoms with van der Waals surface area (Å²) in [7, 11) is -9.94. The van der Waals surface area contributed by atoms with Gasteiger partial charge in [0, 0.05) is 25.7 Å². The van der Waals surface area contributed by atoms with Crippen LogP contribution in [0.15, 0.2) is 24.3 Å². The number of aliphatic hydroxyl groups is 1. The Kier molecular flexibility index (Phi) is 77.4. The lowest BCUT2D eigenvalue weighted by Crippen LogP contribution is -2.30. The number of phosphoric ester groups is 2. The van der Waals surface area contributed by atoms with Crippen molar-refractivity contribution in [1.29, 1.82) is 0 Å². The Morgan fingerprint density at radius 2 is 0.528 bits per heavy atom. The number of esters is 4. The van der Waals surface area contributed by atoms with Crippen LogP contribution in [0.5, 0.6) is 0 Å². The molecule has 17 nitrogen and oxygen atoms in total. The Morgan fingerprint density at radius 1 is 0.302 bits per heavy atom. The summed E-state index contributed by atoms with van der Waals surface area (Å²) in [5.41, 5.74) is 0. The first-order valence-electron chi connectivity index (χ1n) is 44.5. The van der Waals surface area contributed by atoms with Crippen LogP contribution in [0.4, 0.5) is 0 Å². The summed E-state index contributed by atoms with van der Waals surface area (Å²) in [5, 5.41) is 10.7. The predicted octanol–water partition coefficient (Wildman–Crippen LogP) is 26.3. The number of carbonyl (C=O) groups is 4. The van der Waals surface area contributed by atoms with Gasteiger partial charge in [-0.1, -0.05) is 393 Å². The number of hydrogen-bond acceptors (Lipinski definition) is 15. The molecule has 0 fully saturated rings. The van der Waals surface area contributed by atoms with Crippen molar-refractivity contribution in [2.45, 2.75) is 464 Å². The van der Waals surface area contributed by atoms with Gasteiger partial charge in [-0.3, -0.25) is 37.3 Å². The molecule has 626 valence electrons. The summed E-state index contributed by atoms with van der Waals surface area (Å²) in [6.07, 6.45) is 76.0. The van der Waals surface area contributed by atoms with E-state index in [1.807, 2.05) is 0 Å². The van der Waals surface area contributed by atoms with Crippen LogP contribution in [0.2, 0.25) is 0 Å². The second-order valence-electron chi connectivity index (χ2n) is 30.8. The first-order chi connectivity index (χ1) is 51.6. The summed E-state index contributed by atoms with van der Waals surface area (Å²) in [6, 6.07) is 0. The molecular formula is C87H166O17P2. The van der Waals surface area contributed by atoms with Gasteiger partial charge in [-0.25, -0.2) is 9.13 Å². The van der Waals surface area contributed by atoms with Crippen LogP contribution in [0.3, 0.4) is 0 Å². The number of ether oxygens (including phenoxy) is 4. The van der Waals surface area contributed by atoms with Gasteiger partial charge in [0.15, 0.2) is 12.2 Å². The zero-order valence-corrected chi connectivity index (χ0v) is 70.9. The molecule has 19 heteroatoms. The van der Waals surface area contributed by atoms with Crippen molar-refractivity contribution in [2.75, 3.05) is 39.6 Å². The lowest BCUT2D eigenvalue weighted by atomic mass is 9.99. The Balaban J connectivity index is 5.20. The van der Waals surface area contributed by atoms with Crippen LogP contribution in [0.1, 0.15) is 446 Å². The molecular weight excluding hydrogens is 1380 g/mol. The minimum atomic E-state index is -4.97. The van der Waals surface area contributed by atoms with Crippen LogP contribution in [0, 0.1) is 5.92 Å². The molecule has 106 heavy (non-hydrogen) atoms. The van der Waals surface area contributed by atoms with E-state index in [-0.39, 0.29) is 25.7 Å². The van der Waals surface area contributed by atoms with Crippen LogP contribution in [0.25, 0.3) is 0 Å². The van der Waals surface area contributed by atoms with Crippen LogP contribution in [-0.4, -0.2) is 96.7 Å². The second kappa shape index (κ2) is 79.2. The van der Waals surface area contributed by atoms with Crippen LogP contribution in [-0.2, 0) is 65.4 Å². The van der Waals surface area contributed by atoms with Crippen molar-refractivity contribution in [3.63, 3.8) is 0 Å². The number of allylic oxidation sites excluding steroid dienone is 4. The van der Waals surface area contributed by atoms with E-state index >= 15 is 0 Å². The predicted molar refractivity (Wildman–Crippen MR) is 437 cm³/mol. The third kappa shape index (κ3) is 78.2. The zero-order valence-electron chi connectivity index (χ0n) is 69.1. The first-order valence-corrected chi connectivity index (χ1v) is 47.5. The highest BCUT2D eigenvalue weighted by Crippen LogP contribution is 2.45. The molecule has 0 aromatic heterocycles. The molecule has 0 aromatic carbocycles. The lowest BCUT2D eigenvalue weighted by molar-refractivity contribution is -0.161. The third-order valence-corrected chi connectivity index (χ3v) is 22.2. The van der Waals surface area contributed by atoms with E-state index in [0.29, 0.717) is 25.7 Å². The van der Waals surface area contributed by atoms with Gasteiger partial charge in [0.25, 0.3) is 0 Å². The van der Waals surface area contributed by atoms with Crippen molar-refractivity contribution in [3.8, 4) is 0 Å². The van der Waals surface area contributed by atoms with Crippen molar-refractivity contribution in [2.24, 2.45) is 5.92 Å². The van der Waals surface area contributed by atoms with E-state index in [0.717, 1.165) is 115 Å². The maximum Gasteiger partial charge on any atom is 0.472 e. The molecule has 0 radical (unpaired) electrons. The molecule has 6 atom stereocenters. The van der Waals surface area contributed by atoms with E-state index in [1.54, 1.807) is 0 Å². The molecule has 0 saturated heterocycles. The van der Waals surface area contributed by atoms with Gasteiger partial charge in [-0.2, -0.15) is 0 Å². The Labute approximate surface area is 650 Å². The molecule has 0 saturated carbocycles. The molecule has 0 aromatic rings. The van der Waals surface area contributed by atoms with Gasteiger partial charge in [-0.15, -0.1) is 0 Å². The summed E-state index contributed by atoms with van der Waals surface area (Å²) in [5.74, 6) is -1.26. The lowest BCUT2D eigenvalue weighted by Gasteiger charge is -2.21. The topological polar surface area (TPSA) is 237 Å². The smallest absolute Gasteiger partial charge is 0.462 e. The number of carbonyl (C=O) groups excluding carboxylic acids is 4. The van der Waals surface area contributed by atoms with Crippen molar-refractivity contribution in [3.05, 3.63) is 24.3 Å². The van der Waals surface area contributed by atoms with Gasteiger partial charge < -0.3 is 33.8 Å². The molecule has 0 aliphatic heterocycles. The SMILES string of the molecule is CCCCCC/C=C\C=C/CCCCCCCC(=O)O[C@H](COC(=O)CCCCCCCCCC)COP(=O)(O)OC[C@H](O)COP(=O)(O)OC[C@@H](COC(=O)CCCCCCCCCCCCCCCCCCCCCCC)OC(=O)CCCCCCCCCCCCCCCCCCCCC(C)CC. The highest BCUT2D eigenvalue weighted by atomic mass is 31.2. The first kappa shape index (κ1) is 104. The number of aliphatic hydroxyl groups excluding tert-OH is 1. The van der Waals surface area contributed by atoms with Gasteiger partial charge in [0.1, 0.15) is 19.3 Å². The quantitative estimate of drug-likeness (QED) is 0.0169. The maximum absolute atomic E-state index is 13.1. The van der Waals surface area contributed by atoms with E-state index in [4.69, 9.17) is 37.0 Å². The fourth-order valence-corrected chi connectivity index (χ4v) is 14.7. The normalized spacial score (nSPS) is 14.2. The molecule has 0 bridgehead atoms. The number of phosphoric acid groups is 2. The van der Waals surface area contributed by atoms with E-state index in [9.17, 15) is 43.2 Å². The maximum atomic E-state index is 13.1. The Morgan fingerprint density at radius 3 is 0.802 bits per heavy atom. The number of unbranched alkanes of at least 4 members (excludes halogenated alkanes) is 53. The highest BCUT2D eigenvalue weighted by molar-refractivity contribution is 7.47. The zero-order chi connectivity index (χ0) is 77.6. The highest BCUT2D eigenvalue weighted by Gasteiger charge is 2.30. The largest absolute Gasteiger partial charge is 0.472 e. The number of rotatable bonds is 85. The molecule has 0 aliphatic rings. The van der Waals surface area contributed by atoms with Crippen molar-refractivity contribution in [1.82, 2.24) is 0 Å². The fourth-order valence-electron chi connectivity index (χ4n) is 13.1. The van der Waals surface area contributed by atoms with E-state index in [1.165, 1.54) is 250 Å². The molecule has 0 amide bonds. The number of hydrogen-bond donors (Lipinski definition) is 3. The fraction of sp³-hybridized carbons (Fsp3) is 0.908. The molecule has 0 aliphatic carbocycles. The Bertz CT molecular complexity index is 2110. The van der Waals surface area contributed by atoms with Gasteiger partial charge in [0.05, 0.1) is 26.4 Å². The molecule has 0 rings (SSSR count). The second-order valence-corrected chi connectivity index (χ2v) is 33.7. The van der Waals surface area contributed by atoms with Crippen LogP contribution >= 0.6 is 15.6 Å². The molecule has 0 heterocycles. The third-order valence-electron chi connectivity index (χ3n) is 20.3. The summed E-state index contributed by atoms with van der Waals surface area (Å²) >= 11 is 0. The van der Waals surface area contributed by atoms with Crippen LogP contribution < -0.4 is 0 Å². The molecule has 0 spiro atoms. The monoisotopic (exact) mass is 1550 g/mol. The van der Waals surface area contributed by atoms with Crippen molar-refractivity contribution >= 4 is 39.5 Å². The molecule has 3 unspecified atom stereocenters. The average molecular weight is 1550 g/mol. The standard InChI is InChI=1S/C87H166O17P2/c1-6-10-13-16-19-22-24-26-28-29-30-31-32-36-40-43-47-51-56-61-66-71-85(90)98-77-83(104-87(92)73-68-63-58-53-49-45-41-37-34-33-35-39-42-46-50-54-59-64-69-80(5)9-4)79-102-106(95,96)100-75-81(88)74-99-105(93,94)101-78-82(76-97-84(89)70-65-60-55-21-18-15-12-8-3)103-86(91)72-67-62-57-52-48-44-38-27-25-23-20-17-14-11-7-2/h23,25,27,38,80-83,88H,6-22,24,26,28-37,39-79H2,1-5H3,(H,93,94)(H,95,96)/b25-23-,38-27-/t80?,81-,82+,83+/m0/s1. The summed E-state index contributed by atoms with van der Waals surface area (Å²) in [6.45, 7) is 7.33. The minimum absolute atomic E-state index is 0.0853. The van der Waals surface area contributed by atoms with Gasteiger partial charge in [-0.05, 0) is 57.3 Å². The van der Waals surface area contributed by atoms with E-state index < -0.39 is 97.5 Å². The van der Waals surface area contributed by atoms with E-state index in [2.05, 4.69) is 58.9 Å². The molecule has 3 N–H and O–H groups in total. The summed E-state index contributed by atoms with van der Waals surface area (Å²) in [4.78, 5) is 73.1. The Hall–Kier alpha value is -2.46. The average Bonchev–Trinajstić information content (AvgIpc) is 0.903. The minimum Gasteiger partial charge on any atom is -0.462 e. The van der Waals surface area contributed by atoms with Gasteiger partial charge >= 0.3 is 39.5 Å². The van der Waals surface area contributed by atoms with Gasteiger partial charge in [0.2, 0.25) is 0 Å². The van der Waals surface area contributed by atoms with Crippen molar-refractivity contribution < 1.29 is 80.2 Å².